The molecule has 0 radical (unpaired) electrons. The Morgan fingerprint density at radius 2 is 1.78 bits per heavy atom. The molecule has 0 fully saturated rings. The van der Waals surface area contributed by atoms with Crippen molar-refractivity contribution in [3.63, 3.8) is 0 Å². The maximum Gasteiger partial charge on any atom is 0.434 e. The average molecular weight is 512 g/mol. The van der Waals surface area contributed by atoms with Gasteiger partial charge < -0.3 is 10.6 Å². The number of benzene rings is 1. The molecule has 0 saturated heterocycles. The predicted molar refractivity (Wildman–Crippen MR) is 115 cm³/mol. The molecule has 0 amide bonds. The maximum absolute atomic E-state index is 12.6. The van der Waals surface area contributed by atoms with Crippen molar-refractivity contribution < 1.29 is 13.2 Å². The molecule has 1 aromatic heterocycles. The van der Waals surface area contributed by atoms with E-state index in [4.69, 9.17) is 0 Å². The number of rotatable bonds is 5. The minimum Gasteiger partial charge on any atom is -0.356 e. The normalized spacial score (nSPS) is 12.5. The molecule has 2 rings (SSSR count). The zero-order valence-corrected chi connectivity index (χ0v) is 18.8. The van der Waals surface area contributed by atoms with E-state index in [-0.39, 0.29) is 35.9 Å². The predicted octanol–water partition coefficient (Wildman–Crippen LogP) is 4.73. The number of hydrogen-bond acceptors (Lipinski definition) is 3. The first-order valence-corrected chi connectivity index (χ1v) is 9.03. The lowest BCUT2D eigenvalue weighted by Crippen LogP contribution is -2.43. The molecule has 2 aromatic rings. The van der Waals surface area contributed by atoms with Gasteiger partial charge in [0.1, 0.15) is 5.01 Å². The molecule has 0 aliphatic rings. The van der Waals surface area contributed by atoms with Crippen LogP contribution in [0, 0.1) is 6.92 Å². The smallest absolute Gasteiger partial charge is 0.356 e. The molecule has 0 bridgehead atoms. The van der Waals surface area contributed by atoms with Gasteiger partial charge in [-0.2, -0.15) is 13.2 Å². The Hall–Kier alpha value is -1.36. The number of aromatic nitrogens is 1. The molecule has 4 nitrogen and oxygen atoms in total. The summed E-state index contributed by atoms with van der Waals surface area (Å²) in [6.45, 7) is 7.10. The topological polar surface area (TPSA) is 49.3 Å². The molecular formula is C18H24F3IN4S. The van der Waals surface area contributed by atoms with E-state index in [9.17, 15) is 13.2 Å². The minimum absolute atomic E-state index is 0. The van der Waals surface area contributed by atoms with Gasteiger partial charge in [0.2, 0.25) is 0 Å². The van der Waals surface area contributed by atoms with Crippen molar-refractivity contribution in [1.29, 1.82) is 0 Å². The highest BCUT2D eigenvalue weighted by molar-refractivity contribution is 14.0. The van der Waals surface area contributed by atoms with Crippen LogP contribution in [0.1, 0.15) is 35.7 Å². The lowest BCUT2D eigenvalue weighted by atomic mass is 9.84. The van der Waals surface area contributed by atoms with E-state index in [1.54, 1.807) is 7.05 Å². The SMILES string of the molecule is CN=C(NCc1nc(C(F)(F)F)cs1)NCC(C)(C)c1ccc(C)cc1.I. The van der Waals surface area contributed by atoms with E-state index in [0.29, 0.717) is 17.5 Å². The number of aliphatic imine (C=N–C) groups is 1. The second-order valence-electron chi connectivity index (χ2n) is 6.65. The van der Waals surface area contributed by atoms with Gasteiger partial charge >= 0.3 is 6.18 Å². The summed E-state index contributed by atoms with van der Waals surface area (Å²) in [6, 6.07) is 8.35. The largest absolute Gasteiger partial charge is 0.434 e. The standard InChI is InChI=1S/C18H23F3N4S.HI/c1-12-5-7-13(8-6-12)17(2,3)11-24-16(22-4)23-9-15-25-14(10-26-15)18(19,20)21;/h5-8,10H,9,11H2,1-4H3,(H2,22,23,24);1H. The summed E-state index contributed by atoms with van der Waals surface area (Å²) in [4.78, 5) is 7.72. The second-order valence-corrected chi connectivity index (χ2v) is 7.60. The molecule has 27 heavy (non-hydrogen) atoms. The van der Waals surface area contributed by atoms with Crippen LogP contribution in [-0.4, -0.2) is 24.5 Å². The summed E-state index contributed by atoms with van der Waals surface area (Å²) in [5, 5.41) is 7.61. The highest BCUT2D eigenvalue weighted by Crippen LogP contribution is 2.30. The fourth-order valence-corrected chi connectivity index (χ4v) is 3.05. The Bertz CT molecular complexity index is 755. The van der Waals surface area contributed by atoms with E-state index < -0.39 is 11.9 Å². The number of hydrogen-bond donors (Lipinski definition) is 2. The first kappa shape index (κ1) is 23.7. The van der Waals surface area contributed by atoms with Gasteiger partial charge in [0, 0.05) is 24.4 Å². The molecule has 0 unspecified atom stereocenters. The van der Waals surface area contributed by atoms with Crippen LogP contribution in [0.3, 0.4) is 0 Å². The van der Waals surface area contributed by atoms with Crippen LogP contribution in [0.2, 0.25) is 0 Å². The van der Waals surface area contributed by atoms with Gasteiger partial charge in [-0.15, -0.1) is 35.3 Å². The van der Waals surface area contributed by atoms with Crippen molar-refractivity contribution in [1.82, 2.24) is 15.6 Å². The fraction of sp³-hybridized carbons (Fsp3) is 0.444. The van der Waals surface area contributed by atoms with E-state index in [0.717, 1.165) is 16.7 Å². The van der Waals surface area contributed by atoms with Crippen molar-refractivity contribution in [2.45, 2.75) is 38.9 Å². The van der Waals surface area contributed by atoms with Gasteiger partial charge in [-0.05, 0) is 12.5 Å². The molecule has 0 saturated carbocycles. The Morgan fingerprint density at radius 3 is 2.30 bits per heavy atom. The first-order valence-electron chi connectivity index (χ1n) is 8.15. The quantitative estimate of drug-likeness (QED) is 0.346. The molecule has 0 atom stereocenters. The number of guanidine groups is 1. The van der Waals surface area contributed by atoms with Crippen LogP contribution in [0.15, 0.2) is 34.6 Å². The molecule has 0 aliphatic heterocycles. The van der Waals surface area contributed by atoms with Crippen LogP contribution >= 0.6 is 35.3 Å². The van der Waals surface area contributed by atoms with Crippen molar-refractivity contribution >= 4 is 41.3 Å². The van der Waals surface area contributed by atoms with Gasteiger partial charge in [-0.3, -0.25) is 4.99 Å². The van der Waals surface area contributed by atoms with E-state index in [2.05, 4.69) is 58.7 Å². The molecule has 2 N–H and O–H groups in total. The number of nitrogens with one attached hydrogen (secondary N) is 2. The monoisotopic (exact) mass is 512 g/mol. The molecule has 0 aliphatic carbocycles. The summed E-state index contributed by atoms with van der Waals surface area (Å²) >= 11 is 0.974. The summed E-state index contributed by atoms with van der Waals surface area (Å²) in [5.41, 5.74) is 1.41. The van der Waals surface area contributed by atoms with E-state index in [1.165, 1.54) is 11.1 Å². The van der Waals surface area contributed by atoms with Crippen molar-refractivity contribution in [2.75, 3.05) is 13.6 Å². The summed E-state index contributed by atoms with van der Waals surface area (Å²) < 4.78 is 37.8. The van der Waals surface area contributed by atoms with E-state index in [1.807, 2.05) is 6.92 Å². The van der Waals surface area contributed by atoms with Gasteiger partial charge in [-0.1, -0.05) is 43.7 Å². The number of alkyl halides is 3. The van der Waals surface area contributed by atoms with Crippen LogP contribution < -0.4 is 10.6 Å². The molecular weight excluding hydrogens is 488 g/mol. The lowest BCUT2D eigenvalue weighted by Gasteiger charge is -2.27. The van der Waals surface area contributed by atoms with Crippen LogP contribution in [0.4, 0.5) is 13.2 Å². The van der Waals surface area contributed by atoms with Crippen molar-refractivity contribution in [3.8, 4) is 0 Å². The fourth-order valence-electron chi connectivity index (χ4n) is 2.31. The lowest BCUT2D eigenvalue weighted by molar-refractivity contribution is -0.140. The van der Waals surface area contributed by atoms with E-state index >= 15 is 0 Å². The Balaban J connectivity index is 0.00000364. The summed E-state index contributed by atoms with van der Waals surface area (Å²) in [7, 11) is 1.62. The summed E-state index contributed by atoms with van der Waals surface area (Å²) in [5.74, 6) is 0.522. The molecule has 150 valence electrons. The Morgan fingerprint density at radius 1 is 1.15 bits per heavy atom. The first-order chi connectivity index (χ1) is 12.1. The number of nitrogens with zero attached hydrogens (tertiary/aromatic N) is 2. The Labute approximate surface area is 178 Å². The second kappa shape index (κ2) is 9.72. The van der Waals surface area contributed by atoms with Gasteiger partial charge in [-0.25, -0.2) is 4.98 Å². The highest BCUT2D eigenvalue weighted by Gasteiger charge is 2.33. The van der Waals surface area contributed by atoms with Crippen LogP contribution in [-0.2, 0) is 18.1 Å². The maximum atomic E-state index is 12.6. The zero-order valence-electron chi connectivity index (χ0n) is 15.6. The van der Waals surface area contributed by atoms with Gasteiger partial charge in [0.25, 0.3) is 0 Å². The molecule has 0 spiro atoms. The van der Waals surface area contributed by atoms with Gasteiger partial charge in [0.15, 0.2) is 11.7 Å². The van der Waals surface area contributed by atoms with Crippen molar-refractivity contribution in [3.05, 3.63) is 51.5 Å². The molecule has 9 heteroatoms. The third kappa shape index (κ3) is 6.95. The number of halogens is 4. The highest BCUT2D eigenvalue weighted by atomic mass is 127. The summed E-state index contributed by atoms with van der Waals surface area (Å²) in [6.07, 6.45) is -4.41. The number of aryl methyl sites for hydroxylation is 1. The minimum atomic E-state index is -4.41. The molecule has 1 aromatic carbocycles. The number of thiazole rings is 1. The van der Waals surface area contributed by atoms with Gasteiger partial charge in [0.05, 0.1) is 6.54 Å². The van der Waals surface area contributed by atoms with Crippen LogP contribution in [0.25, 0.3) is 0 Å². The zero-order chi connectivity index (χ0) is 19.4. The van der Waals surface area contributed by atoms with Crippen molar-refractivity contribution in [2.24, 2.45) is 4.99 Å². The average Bonchev–Trinajstić information content (AvgIpc) is 3.04. The third-order valence-corrected chi connectivity index (χ3v) is 4.85. The molecule has 1 heterocycles. The third-order valence-electron chi connectivity index (χ3n) is 4.00. The Kier molecular flexibility index (Phi) is 8.52. The van der Waals surface area contributed by atoms with Crippen LogP contribution in [0.5, 0.6) is 0 Å².